The molecule has 0 bridgehead atoms. The highest BCUT2D eigenvalue weighted by atomic mass is 35.5. The van der Waals surface area contributed by atoms with Crippen molar-refractivity contribution in [1.29, 1.82) is 0 Å². The summed E-state index contributed by atoms with van der Waals surface area (Å²) in [6.45, 7) is 2.50. The molecule has 1 aliphatic rings. The van der Waals surface area contributed by atoms with Crippen molar-refractivity contribution in [3.05, 3.63) is 0 Å². The molecule has 9 heavy (non-hydrogen) atoms. The Morgan fingerprint density at radius 3 is 1.56 bits per heavy atom. The van der Waals surface area contributed by atoms with Crippen LogP contribution in [0.1, 0.15) is 19.3 Å². The molecule has 0 aromatic heterocycles. The van der Waals surface area contributed by atoms with Gasteiger partial charge in [0.05, 0.1) is 0 Å². The first-order valence-electron chi connectivity index (χ1n) is 3.41. The Bertz CT molecular complexity index is 28.5. The van der Waals surface area contributed by atoms with Gasteiger partial charge in [0, 0.05) is 0 Å². The second-order valence-electron chi connectivity index (χ2n) is 1.81. The second kappa shape index (κ2) is 11.8. The number of nitrogens with one attached hydrogen (secondary N) is 1. The van der Waals surface area contributed by atoms with Crippen LogP contribution in [0.4, 0.5) is 0 Å². The number of hydrogen-bond acceptors (Lipinski definition) is 1. The maximum absolute atomic E-state index is 3.28. The highest BCUT2D eigenvalue weighted by molar-refractivity contribution is 6.05. The number of hydrogen-bond donors (Lipinski definition) is 1. The van der Waals surface area contributed by atoms with E-state index in [1.54, 1.807) is 0 Å². The van der Waals surface area contributed by atoms with Gasteiger partial charge in [0.1, 0.15) is 0 Å². The van der Waals surface area contributed by atoms with Crippen molar-refractivity contribution in [2.45, 2.75) is 24.3 Å². The van der Waals surface area contributed by atoms with Gasteiger partial charge < -0.3 is 5.32 Å². The lowest BCUT2D eigenvalue weighted by atomic mass is 10.2. The monoisotopic (exact) mass is 160 g/mol. The normalized spacial score (nSPS) is 16.7. The Morgan fingerprint density at radius 2 is 1.44 bits per heavy atom. The van der Waals surface area contributed by atoms with E-state index in [4.69, 9.17) is 0 Å². The summed E-state index contributed by atoms with van der Waals surface area (Å²) in [4.78, 5) is 0. The SMILES string of the molecule is C1CCNCC1.Cl.[CH3][Mg+2]. The smallest absolute Gasteiger partial charge is 0.317 e. The highest BCUT2D eigenvalue weighted by Gasteiger charge is 1.99. The lowest BCUT2D eigenvalue weighted by Crippen LogP contribution is -2.21. The molecule has 1 nitrogen and oxygen atoms in total. The summed E-state index contributed by atoms with van der Waals surface area (Å²) in [5.41, 5.74) is 0. The van der Waals surface area contributed by atoms with Crippen LogP contribution in [0.2, 0.25) is 5.05 Å². The van der Waals surface area contributed by atoms with Crippen molar-refractivity contribution >= 4 is 34.1 Å². The minimum atomic E-state index is 0. The van der Waals surface area contributed by atoms with Gasteiger partial charge in [-0.2, -0.15) is 0 Å². The van der Waals surface area contributed by atoms with Gasteiger partial charge in [0.25, 0.3) is 5.05 Å². The molecule has 1 N–H and O–H groups in total. The topological polar surface area (TPSA) is 12.0 Å². The van der Waals surface area contributed by atoms with Crippen LogP contribution in [0, 0.1) is 0 Å². The van der Waals surface area contributed by atoms with Gasteiger partial charge in [0.15, 0.2) is 0 Å². The minimum absolute atomic E-state index is 0. The van der Waals surface area contributed by atoms with Crippen LogP contribution in [0.3, 0.4) is 0 Å². The molecule has 7 radical (unpaired) electrons. The van der Waals surface area contributed by atoms with Crippen LogP contribution in [0.5, 0.6) is 0 Å². The lowest BCUT2D eigenvalue weighted by molar-refractivity contribution is 0.520. The predicted octanol–water partition coefficient (Wildman–Crippen LogP) is 1.38. The Morgan fingerprint density at radius 1 is 1.00 bits per heavy atom. The van der Waals surface area contributed by atoms with Crippen molar-refractivity contribution in [2.75, 3.05) is 13.1 Å². The molecule has 1 aliphatic heterocycles. The zero-order valence-electron chi connectivity index (χ0n) is 6.15. The standard InChI is InChI=1S/C5H11N.CH3.ClH.Mg/c1-2-4-6-5-3-1;;;/h6H,1-5H2;1H3;1H;/q;;;+2. The molecule has 1 saturated heterocycles. The van der Waals surface area contributed by atoms with E-state index in [1.165, 1.54) is 32.4 Å². The van der Waals surface area contributed by atoms with Crippen LogP contribution in [0.25, 0.3) is 0 Å². The van der Waals surface area contributed by atoms with Crippen LogP contribution in [-0.2, 0) is 0 Å². The maximum atomic E-state index is 3.28. The third-order valence-electron chi connectivity index (χ3n) is 1.21. The van der Waals surface area contributed by atoms with Gasteiger partial charge in [-0.05, 0) is 25.9 Å². The third kappa shape index (κ3) is 9.02. The van der Waals surface area contributed by atoms with Gasteiger partial charge in [0.2, 0.25) is 0 Å². The van der Waals surface area contributed by atoms with E-state index in [9.17, 15) is 0 Å². The summed E-state index contributed by atoms with van der Waals surface area (Å²) in [6, 6.07) is 0. The van der Waals surface area contributed by atoms with E-state index in [0.29, 0.717) is 0 Å². The summed E-state index contributed by atoms with van der Waals surface area (Å²) < 4.78 is 0. The van der Waals surface area contributed by atoms with Crippen molar-refractivity contribution in [3.8, 4) is 0 Å². The third-order valence-corrected chi connectivity index (χ3v) is 1.21. The van der Waals surface area contributed by atoms with E-state index < -0.39 is 0 Å². The van der Waals surface area contributed by atoms with E-state index in [0.717, 1.165) is 0 Å². The summed E-state index contributed by atoms with van der Waals surface area (Å²) in [5, 5.41) is 5.31. The van der Waals surface area contributed by atoms with Crippen LogP contribution in [-0.4, -0.2) is 34.8 Å². The molecule has 0 amide bonds. The molecule has 0 aliphatic carbocycles. The van der Waals surface area contributed by atoms with Gasteiger partial charge in [-0.3, -0.25) is 0 Å². The first-order valence-corrected chi connectivity index (χ1v) is 4.83. The fraction of sp³-hybridized carbons (Fsp3) is 1.00. The van der Waals surface area contributed by atoms with Gasteiger partial charge in [-0.15, -0.1) is 12.4 Å². The fourth-order valence-corrected chi connectivity index (χ4v) is 0.802. The maximum Gasteiger partial charge on any atom is 1.41 e. The average molecular weight is 161 g/mol. The van der Waals surface area contributed by atoms with Crippen molar-refractivity contribution in [1.82, 2.24) is 5.32 Å². The molecule has 0 aromatic rings. The summed E-state index contributed by atoms with van der Waals surface area (Å²) in [5.74, 6) is 0. The first kappa shape index (κ1) is 12.7. The quantitative estimate of drug-likeness (QED) is 0.529. The van der Waals surface area contributed by atoms with E-state index in [1.807, 2.05) is 26.8 Å². The Hall–Kier alpha value is 1.02. The van der Waals surface area contributed by atoms with E-state index >= 15 is 0 Å². The largest absolute Gasteiger partial charge is 1.41 e. The number of halogens is 1. The molecule has 0 atom stereocenters. The Balaban J connectivity index is 0. The summed E-state index contributed by atoms with van der Waals surface area (Å²) >= 11 is 1.86. The van der Waals surface area contributed by atoms with Gasteiger partial charge in [-0.25, -0.2) is 0 Å². The van der Waals surface area contributed by atoms with Crippen LogP contribution >= 0.6 is 12.4 Å². The second-order valence-corrected chi connectivity index (χ2v) is 1.81. The number of piperidine rings is 1. The summed E-state index contributed by atoms with van der Waals surface area (Å²) in [7, 11) is 0. The average Bonchev–Trinajstić information content (AvgIpc) is 1.96. The van der Waals surface area contributed by atoms with E-state index in [-0.39, 0.29) is 12.4 Å². The zero-order chi connectivity index (χ0) is 6.24. The van der Waals surface area contributed by atoms with Crippen molar-refractivity contribution in [2.24, 2.45) is 0 Å². The van der Waals surface area contributed by atoms with Crippen molar-refractivity contribution in [3.63, 3.8) is 0 Å². The molecule has 0 aromatic carbocycles. The fourth-order valence-electron chi connectivity index (χ4n) is 0.802. The van der Waals surface area contributed by atoms with E-state index in [2.05, 4.69) is 5.32 Å². The molecule has 0 spiro atoms. The van der Waals surface area contributed by atoms with Crippen LogP contribution in [0.15, 0.2) is 0 Å². The highest BCUT2D eigenvalue weighted by Crippen LogP contribution is 1.96. The molecule has 0 saturated carbocycles. The lowest BCUT2D eigenvalue weighted by Gasteiger charge is -2.08. The predicted molar refractivity (Wildman–Crippen MR) is 45.6 cm³/mol. The molecule has 51 valence electrons. The first-order chi connectivity index (χ1) is 4.00. The Kier molecular flexibility index (Phi) is 16.6. The molecule has 1 rings (SSSR count). The minimum Gasteiger partial charge on any atom is -0.317 e. The van der Waals surface area contributed by atoms with Crippen LogP contribution < -0.4 is 5.32 Å². The van der Waals surface area contributed by atoms with Crippen molar-refractivity contribution < 1.29 is 0 Å². The molecule has 0 unspecified atom stereocenters. The molecule has 3 heteroatoms. The molecular weight excluding hydrogens is 146 g/mol. The Labute approximate surface area is 76.8 Å². The number of rotatable bonds is 0. The molecule has 1 fully saturated rings. The molecule has 1 heterocycles. The molecular formula is C6H15ClMgN+2. The zero-order valence-corrected chi connectivity index (χ0v) is 8.38. The van der Waals surface area contributed by atoms with Gasteiger partial charge in [-0.1, -0.05) is 6.42 Å². The summed E-state index contributed by atoms with van der Waals surface area (Å²) in [6.07, 6.45) is 4.22. The van der Waals surface area contributed by atoms with Gasteiger partial charge >= 0.3 is 21.7 Å².